The Labute approximate surface area is 160 Å². The van der Waals surface area contributed by atoms with Gasteiger partial charge in [-0.3, -0.25) is 4.79 Å². The van der Waals surface area contributed by atoms with Crippen molar-refractivity contribution in [1.82, 2.24) is 5.32 Å². The zero-order valence-electron chi connectivity index (χ0n) is 16.5. The number of aryl methyl sites for hydroxylation is 1. The van der Waals surface area contributed by atoms with Crippen LogP contribution in [-0.4, -0.2) is 24.7 Å². The van der Waals surface area contributed by atoms with Gasteiger partial charge in [-0.2, -0.15) is 0 Å². The SMILES string of the molecule is COc1ccc2c(c1)[C@@H](NC(=O)[C@@H](C)Oc1cccc(C)c1)CC(C)(C)O2. The van der Waals surface area contributed by atoms with Crippen molar-refractivity contribution in [2.24, 2.45) is 0 Å². The molecule has 1 N–H and O–H groups in total. The van der Waals surface area contributed by atoms with Crippen LogP contribution in [0.15, 0.2) is 42.5 Å². The van der Waals surface area contributed by atoms with Crippen molar-refractivity contribution < 1.29 is 19.0 Å². The van der Waals surface area contributed by atoms with E-state index in [2.05, 4.69) is 5.32 Å². The lowest BCUT2D eigenvalue weighted by atomic mass is 9.89. The zero-order valence-corrected chi connectivity index (χ0v) is 16.5. The summed E-state index contributed by atoms with van der Waals surface area (Å²) in [6, 6.07) is 13.2. The molecule has 1 heterocycles. The van der Waals surface area contributed by atoms with Crippen LogP contribution in [0.1, 0.15) is 44.4 Å². The van der Waals surface area contributed by atoms with Crippen LogP contribution in [-0.2, 0) is 4.79 Å². The first-order valence-electron chi connectivity index (χ1n) is 9.18. The molecule has 0 saturated heterocycles. The van der Waals surface area contributed by atoms with Gasteiger partial charge in [-0.1, -0.05) is 12.1 Å². The molecule has 0 unspecified atom stereocenters. The smallest absolute Gasteiger partial charge is 0.261 e. The Kier molecular flexibility index (Phi) is 5.31. The average Bonchev–Trinajstić information content (AvgIpc) is 2.60. The van der Waals surface area contributed by atoms with Crippen LogP contribution in [0.25, 0.3) is 0 Å². The van der Waals surface area contributed by atoms with Crippen molar-refractivity contribution in [3.63, 3.8) is 0 Å². The summed E-state index contributed by atoms with van der Waals surface area (Å²) in [4.78, 5) is 12.8. The second kappa shape index (κ2) is 7.51. The summed E-state index contributed by atoms with van der Waals surface area (Å²) < 4.78 is 17.2. The average molecular weight is 369 g/mol. The van der Waals surface area contributed by atoms with Gasteiger partial charge in [0.05, 0.1) is 13.2 Å². The molecule has 5 heteroatoms. The van der Waals surface area contributed by atoms with Crippen molar-refractivity contribution in [1.29, 1.82) is 0 Å². The third kappa shape index (κ3) is 4.54. The molecule has 27 heavy (non-hydrogen) atoms. The number of benzene rings is 2. The van der Waals surface area contributed by atoms with Gasteiger partial charge in [0, 0.05) is 12.0 Å². The minimum atomic E-state index is -0.605. The molecule has 0 saturated carbocycles. The zero-order chi connectivity index (χ0) is 19.6. The Morgan fingerprint density at radius 1 is 1.22 bits per heavy atom. The van der Waals surface area contributed by atoms with Crippen LogP contribution in [0.2, 0.25) is 0 Å². The molecule has 1 aliphatic rings. The maximum absolute atomic E-state index is 12.8. The van der Waals surface area contributed by atoms with Crippen LogP contribution in [0, 0.1) is 6.92 Å². The van der Waals surface area contributed by atoms with Gasteiger partial charge < -0.3 is 19.5 Å². The third-order valence-corrected chi connectivity index (χ3v) is 4.66. The van der Waals surface area contributed by atoms with Gasteiger partial charge in [-0.15, -0.1) is 0 Å². The first-order valence-corrected chi connectivity index (χ1v) is 9.18. The highest BCUT2D eigenvalue weighted by Crippen LogP contribution is 2.41. The molecule has 0 spiro atoms. The highest BCUT2D eigenvalue weighted by molar-refractivity contribution is 5.81. The summed E-state index contributed by atoms with van der Waals surface area (Å²) in [6.07, 6.45) is 0.0580. The maximum Gasteiger partial charge on any atom is 0.261 e. The molecule has 2 atom stereocenters. The topological polar surface area (TPSA) is 56.8 Å². The minimum Gasteiger partial charge on any atom is -0.497 e. The number of hydrogen-bond acceptors (Lipinski definition) is 4. The van der Waals surface area contributed by atoms with Crippen LogP contribution in [0.4, 0.5) is 0 Å². The molecule has 3 rings (SSSR count). The lowest BCUT2D eigenvalue weighted by molar-refractivity contribution is -0.128. The van der Waals surface area contributed by atoms with Gasteiger partial charge in [-0.05, 0) is 63.6 Å². The predicted molar refractivity (Wildman–Crippen MR) is 104 cm³/mol. The van der Waals surface area contributed by atoms with E-state index in [9.17, 15) is 4.79 Å². The fourth-order valence-corrected chi connectivity index (χ4v) is 3.32. The Morgan fingerprint density at radius 2 is 2.00 bits per heavy atom. The summed E-state index contributed by atoms with van der Waals surface area (Å²) in [5.74, 6) is 2.03. The second-order valence-corrected chi connectivity index (χ2v) is 7.61. The van der Waals surface area contributed by atoms with E-state index < -0.39 is 6.10 Å². The van der Waals surface area contributed by atoms with E-state index in [1.807, 2.05) is 63.2 Å². The van der Waals surface area contributed by atoms with E-state index in [1.54, 1.807) is 14.0 Å². The van der Waals surface area contributed by atoms with E-state index in [-0.39, 0.29) is 17.6 Å². The van der Waals surface area contributed by atoms with Gasteiger partial charge in [0.15, 0.2) is 6.10 Å². The Hall–Kier alpha value is -2.69. The Bertz CT molecular complexity index is 831. The van der Waals surface area contributed by atoms with E-state index in [0.29, 0.717) is 12.2 Å². The summed E-state index contributed by atoms with van der Waals surface area (Å²) >= 11 is 0. The molecule has 0 radical (unpaired) electrons. The Balaban J connectivity index is 1.76. The molecule has 1 amide bonds. The molecular weight excluding hydrogens is 342 g/mol. The van der Waals surface area contributed by atoms with Gasteiger partial charge in [-0.25, -0.2) is 0 Å². The lowest BCUT2D eigenvalue weighted by Gasteiger charge is -2.38. The number of carbonyl (C=O) groups excluding carboxylic acids is 1. The number of amides is 1. The number of rotatable bonds is 5. The van der Waals surface area contributed by atoms with Crippen LogP contribution >= 0.6 is 0 Å². The van der Waals surface area contributed by atoms with E-state index in [1.165, 1.54) is 0 Å². The highest BCUT2D eigenvalue weighted by Gasteiger charge is 2.35. The quantitative estimate of drug-likeness (QED) is 0.859. The van der Waals surface area contributed by atoms with Crippen LogP contribution < -0.4 is 19.5 Å². The molecule has 0 fully saturated rings. The number of fused-ring (bicyclic) bond motifs is 1. The largest absolute Gasteiger partial charge is 0.497 e. The van der Waals surface area contributed by atoms with Crippen molar-refractivity contribution in [3.8, 4) is 17.2 Å². The van der Waals surface area contributed by atoms with E-state index >= 15 is 0 Å². The van der Waals surface area contributed by atoms with Crippen molar-refractivity contribution >= 4 is 5.91 Å². The summed E-state index contributed by atoms with van der Waals surface area (Å²) in [7, 11) is 1.63. The lowest BCUT2D eigenvalue weighted by Crippen LogP contribution is -2.44. The molecule has 2 aromatic carbocycles. The molecule has 0 aliphatic carbocycles. The fraction of sp³-hybridized carbons (Fsp3) is 0.409. The van der Waals surface area contributed by atoms with Gasteiger partial charge in [0.2, 0.25) is 0 Å². The number of hydrogen-bond donors (Lipinski definition) is 1. The highest BCUT2D eigenvalue weighted by atomic mass is 16.5. The fourth-order valence-electron chi connectivity index (χ4n) is 3.32. The maximum atomic E-state index is 12.8. The van der Waals surface area contributed by atoms with E-state index in [4.69, 9.17) is 14.2 Å². The number of ether oxygens (including phenoxy) is 3. The molecule has 0 aromatic heterocycles. The van der Waals surface area contributed by atoms with Crippen LogP contribution in [0.5, 0.6) is 17.2 Å². The third-order valence-electron chi connectivity index (χ3n) is 4.66. The predicted octanol–water partition coefficient (Wildman–Crippen LogP) is 4.19. The van der Waals surface area contributed by atoms with Crippen molar-refractivity contribution in [3.05, 3.63) is 53.6 Å². The molecular formula is C22H27NO4. The number of nitrogens with one attached hydrogen (secondary N) is 1. The van der Waals surface area contributed by atoms with E-state index in [0.717, 1.165) is 22.6 Å². The number of methoxy groups -OCH3 is 1. The Morgan fingerprint density at radius 3 is 2.70 bits per heavy atom. The first kappa shape index (κ1) is 19.1. The number of carbonyl (C=O) groups is 1. The summed E-state index contributed by atoms with van der Waals surface area (Å²) in [6.45, 7) is 7.79. The van der Waals surface area contributed by atoms with Gasteiger partial charge >= 0.3 is 0 Å². The molecule has 2 aromatic rings. The van der Waals surface area contributed by atoms with Gasteiger partial charge in [0.1, 0.15) is 22.8 Å². The summed E-state index contributed by atoms with van der Waals surface area (Å²) in [5.41, 5.74) is 1.64. The monoisotopic (exact) mass is 369 g/mol. The molecule has 144 valence electrons. The standard InChI is InChI=1S/C22H27NO4/c1-14-7-6-8-17(11-14)26-15(2)21(24)23-19-13-22(3,4)27-20-10-9-16(25-5)12-18(19)20/h6-12,15,19H,13H2,1-5H3,(H,23,24)/t15-,19+/m1/s1. The van der Waals surface area contributed by atoms with Crippen molar-refractivity contribution in [2.45, 2.75) is 51.9 Å². The van der Waals surface area contributed by atoms with Crippen LogP contribution in [0.3, 0.4) is 0 Å². The molecule has 5 nitrogen and oxygen atoms in total. The normalized spacial score (nSPS) is 18.6. The second-order valence-electron chi connectivity index (χ2n) is 7.61. The molecule has 0 bridgehead atoms. The summed E-state index contributed by atoms with van der Waals surface area (Å²) in [5, 5.41) is 3.12. The van der Waals surface area contributed by atoms with Crippen molar-refractivity contribution in [2.75, 3.05) is 7.11 Å². The molecule has 1 aliphatic heterocycles. The van der Waals surface area contributed by atoms with Gasteiger partial charge in [0.25, 0.3) is 5.91 Å². The first-order chi connectivity index (χ1) is 12.8. The minimum absolute atomic E-state index is 0.159.